The van der Waals surface area contributed by atoms with Crippen LogP contribution in [0.3, 0.4) is 0 Å². The third-order valence-electron chi connectivity index (χ3n) is 5.68. The van der Waals surface area contributed by atoms with Gasteiger partial charge in [-0.15, -0.1) is 0 Å². The Bertz CT molecular complexity index is 1350. The molecule has 1 heterocycles. The summed E-state index contributed by atoms with van der Waals surface area (Å²) in [5, 5.41) is 0. The first-order valence-corrected chi connectivity index (χ1v) is 11.6. The van der Waals surface area contributed by atoms with Gasteiger partial charge >= 0.3 is 0 Å². The Balaban J connectivity index is 0.000000304. The van der Waals surface area contributed by atoms with Crippen LogP contribution in [0.15, 0.2) is 54.9 Å². The van der Waals surface area contributed by atoms with Gasteiger partial charge in [-0.05, 0) is 49.1 Å². The van der Waals surface area contributed by atoms with Gasteiger partial charge < -0.3 is 0 Å². The molecule has 1 aromatic heterocycles. The summed E-state index contributed by atoms with van der Waals surface area (Å²) in [5.41, 5.74) is 0.679. The molecule has 0 aliphatic heterocycles. The summed E-state index contributed by atoms with van der Waals surface area (Å²) in [6.07, 6.45) is 6.42. The van der Waals surface area contributed by atoms with Gasteiger partial charge in [0.15, 0.2) is 11.6 Å². The molecular formula is C28H23F7N2O. The Hall–Kier alpha value is -3.95. The molecule has 0 saturated heterocycles. The van der Waals surface area contributed by atoms with E-state index in [-0.39, 0.29) is 16.7 Å². The molecule has 3 aromatic carbocycles. The van der Waals surface area contributed by atoms with Crippen molar-refractivity contribution in [1.82, 2.24) is 9.97 Å². The Morgan fingerprint density at radius 3 is 1.84 bits per heavy atom. The molecule has 4 aromatic rings. The van der Waals surface area contributed by atoms with Crippen molar-refractivity contribution in [3.05, 3.63) is 101 Å². The van der Waals surface area contributed by atoms with Crippen LogP contribution in [0.2, 0.25) is 0 Å². The van der Waals surface area contributed by atoms with Crippen LogP contribution in [0.4, 0.5) is 30.9 Å². The smallest absolute Gasteiger partial charge is 0.177 e. The number of aromatic nitrogens is 2. The zero-order valence-electron chi connectivity index (χ0n) is 20.5. The lowest BCUT2D eigenvalue weighted by molar-refractivity contribution is -0.00694. The number of hydrogen-bond acceptors (Lipinski definition) is 3. The lowest BCUT2D eigenvalue weighted by Crippen LogP contribution is -1.96. The van der Waals surface area contributed by atoms with E-state index in [4.69, 9.17) is 0 Å². The predicted molar refractivity (Wildman–Crippen MR) is 129 cm³/mol. The second kappa shape index (κ2) is 13.0. The molecule has 0 radical (unpaired) electrons. The maximum absolute atomic E-state index is 14.5. The lowest BCUT2D eigenvalue weighted by Gasteiger charge is -2.09. The topological polar surface area (TPSA) is 35.0 Å². The predicted octanol–water partition coefficient (Wildman–Crippen LogP) is 8.58. The van der Waals surface area contributed by atoms with E-state index >= 15 is 0 Å². The summed E-state index contributed by atoms with van der Waals surface area (Å²) < 4.78 is 91.2. The molecule has 0 bridgehead atoms. The second-order valence-corrected chi connectivity index (χ2v) is 8.35. The van der Waals surface area contributed by atoms with E-state index in [2.05, 4.69) is 21.8 Å². The highest BCUT2D eigenvalue weighted by Crippen LogP contribution is 2.29. The van der Waals surface area contributed by atoms with Crippen LogP contribution in [0, 0.1) is 36.0 Å². The van der Waals surface area contributed by atoms with Crippen molar-refractivity contribution in [2.75, 3.05) is 0 Å². The molecule has 10 heteroatoms. The van der Waals surface area contributed by atoms with Crippen molar-refractivity contribution < 1.29 is 35.8 Å². The number of rotatable bonds is 7. The van der Waals surface area contributed by atoms with Gasteiger partial charge in [0.2, 0.25) is 0 Å². The molecule has 0 N–H and O–H groups in total. The fourth-order valence-corrected chi connectivity index (χ4v) is 3.45. The Labute approximate surface area is 214 Å². The van der Waals surface area contributed by atoms with Crippen LogP contribution >= 0.6 is 0 Å². The fourth-order valence-electron chi connectivity index (χ4n) is 3.45. The van der Waals surface area contributed by atoms with E-state index in [1.165, 1.54) is 19.1 Å². The summed E-state index contributed by atoms with van der Waals surface area (Å²) in [7, 11) is 0. The van der Waals surface area contributed by atoms with E-state index in [1.54, 1.807) is 18.5 Å². The van der Waals surface area contributed by atoms with Gasteiger partial charge in [0, 0.05) is 45.7 Å². The van der Waals surface area contributed by atoms with Gasteiger partial charge in [-0.3, -0.25) is 4.94 Å². The Kier molecular flexibility index (Phi) is 9.81. The van der Waals surface area contributed by atoms with Crippen molar-refractivity contribution in [3.8, 4) is 28.3 Å². The van der Waals surface area contributed by atoms with E-state index in [0.717, 1.165) is 49.1 Å². The van der Waals surface area contributed by atoms with Gasteiger partial charge in [0.05, 0.1) is 5.56 Å². The molecule has 0 fully saturated rings. The van der Waals surface area contributed by atoms with Crippen molar-refractivity contribution in [2.45, 2.75) is 39.8 Å². The molecule has 3 nitrogen and oxygen atoms in total. The molecule has 38 heavy (non-hydrogen) atoms. The van der Waals surface area contributed by atoms with Gasteiger partial charge in [-0.1, -0.05) is 25.5 Å². The zero-order valence-corrected chi connectivity index (χ0v) is 20.5. The highest BCUT2D eigenvalue weighted by Gasteiger charge is 2.15. The number of halogens is 7. The summed E-state index contributed by atoms with van der Waals surface area (Å²) in [6.45, 7) is 2.10. The number of benzene rings is 3. The largest absolute Gasteiger partial charge is 0.294 e. The van der Waals surface area contributed by atoms with Crippen molar-refractivity contribution in [2.24, 2.45) is 0 Å². The average Bonchev–Trinajstić information content (AvgIpc) is 2.90. The third-order valence-corrected chi connectivity index (χ3v) is 5.68. The molecular weight excluding hydrogens is 513 g/mol. The van der Waals surface area contributed by atoms with Crippen molar-refractivity contribution >= 4 is 0 Å². The highest BCUT2D eigenvalue weighted by atomic mass is 19.3. The minimum atomic E-state index is -1.26. The highest BCUT2D eigenvalue weighted by molar-refractivity contribution is 5.69. The molecule has 0 unspecified atom stereocenters. The lowest BCUT2D eigenvalue weighted by atomic mass is 10.0. The van der Waals surface area contributed by atoms with E-state index in [0.29, 0.717) is 11.4 Å². The number of alkyl halides is 1. The van der Waals surface area contributed by atoms with E-state index < -0.39 is 47.1 Å². The average molecular weight is 536 g/mol. The van der Waals surface area contributed by atoms with Crippen LogP contribution in [0.5, 0.6) is 5.75 Å². The molecule has 0 aliphatic rings. The van der Waals surface area contributed by atoms with Crippen LogP contribution in [-0.2, 0) is 13.1 Å². The molecule has 0 spiro atoms. The number of aryl methyl sites for hydroxylation is 1. The van der Waals surface area contributed by atoms with E-state index in [1.807, 2.05) is 0 Å². The fraction of sp³-hybridized carbons (Fsp3) is 0.214. The minimum absolute atomic E-state index is 0.00193. The van der Waals surface area contributed by atoms with Gasteiger partial charge in [0.1, 0.15) is 35.8 Å². The summed E-state index contributed by atoms with van der Waals surface area (Å²) in [4.78, 5) is 11.7. The third kappa shape index (κ3) is 6.87. The van der Waals surface area contributed by atoms with Gasteiger partial charge in [-0.2, -0.15) is 0 Å². The molecule has 0 aliphatic carbocycles. The molecule has 200 valence electrons. The van der Waals surface area contributed by atoms with Gasteiger partial charge in [0.25, 0.3) is 0 Å². The molecule has 0 saturated carbocycles. The summed E-state index contributed by atoms with van der Waals surface area (Å²) in [6, 6.07) is 7.61. The Morgan fingerprint density at radius 1 is 0.763 bits per heavy atom. The Morgan fingerprint density at radius 2 is 1.34 bits per heavy atom. The monoisotopic (exact) mass is 536 g/mol. The van der Waals surface area contributed by atoms with Crippen LogP contribution in [0.1, 0.15) is 36.5 Å². The quantitative estimate of drug-likeness (QED) is 0.222. The first kappa shape index (κ1) is 28.6. The number of hydrogen-bond donors (Lipinski definition) is 0. The normalized spacial score (nSPS) is 10.7. The van der Waals surface area contributed by atoms with E-state index in [9.17, 15) is 30.9 Å². The van der Waals surface area contributed by atoms with Crippen molar-refractivity contribution in [1.29, 1.82) is 0 Å². The number of unbranched alkanes of at least 4 members (excludes halogenated alkanes) is 1. The maximum Gasteiger partial charge on any atom is 0.177 e. The molecule has 4 rings (SSSR count). The first-order valence-electron chi connectivity index (χ1n) is 11.6. The van der Waals surface area contributed by atoms with Crippen LogP contribution < -0.4 is 4.94 Å². The maximum atomic E-state index is 14.5. The van der Waals surface area contributed by atoms with Crippen LogP contribution in [-0.4, -0.2) is 9.97 Å². The minimum Gasteiger partial charge on any atom is -0.294 e. The first-order chi connectivity index (χ1) is 18.2. The SMILES string of the molecule is CCCCc1cnc(-c2ccc(-c3cc(F)c(CF)c(F)c3)c(F)c2)nc1.Cc1c(F)cc(OF)cc1F. The van der Waals surface area contributed by atoms with Crippen LogP contribution in [0.25, 0.3) is 22.5 Å². The van der Waals surface area contributed by atoms with Crippen molar-refractivity contribution in [3.63, 3.8) is 0 Å². The summed E-state index contributed by atoms with van der Waals surface area (Å²) >= 11 is 0. The molecule has 0 amide bonds. The standard InChI is InChI=1S/C21H18F4N2.C7H5F3O/c1-2-3-4-13-11-26-21(27-12-13)14-5-6-16(18(23)7-14)15-8-19(24)17(10-22)20(25)9-15;1-4-6(8)2-5(11-10)3-7(4)9/h5-9,11-12H,2-4,10H2,1H3;2-3H,1H3. The zero-order chi connectivity index (χ0) is 27.8. The molecule has 0 atom stereocenters. The van der Waals surface area contributed by atoms with Gasteiger partial charge in [-0.25, -0.2) is 36.3 Å². The summed E-state index contributed by atoms with van der Waals surface area (Å²) in [5.74, 6) is -4.49. The second-order valence-electron chi connectivity index (χ2n) is 8.35. The number of nitrogens with zero attached hydrogens (tertiary/aromatic N) is 2.